The fourth-order valence-corrected chi connectivity index (χ4v) is 4.83. The summed E-state index contributed by atoms with van der Waals surface area (Å²) in [5, 5.41) is 1.62. The van der Waals surface area contributed by atoms with Crippen molar-refractivity contribution in [3.05, 3.63) is 35.0 Å². The summed E-state index contributed by atoms with van der Waals surface area (Å²) in [6.45, 7) is 2.07. The van der Waals surface area contributed by atoms with E-state index in [9.17, 15) is 0 Å². The van der Waals surface area contributed by atoms with Gasteiger partial charge in [0, 0.05) is 30.8 Å². The summed E-state index contributed by atoms with van der Waals surface area (Å²) in [5.74, 6) is 0.823. The number of H-pyrrole nitrogens is 1. The Morgan fingerprint density at radius 2 is 2.10 bits per heavy atom. The molecule has 31 heavy (non-hydrogen) atoms. The van der Waals surface area contributed by atoms with Gasteiger partial charge < -0.3 is 20.0 Å². The third kappa shape index (κ3) is 3.74. The Hall–Kier alpha value is -2.71. The molecule has 0 amide bonds. The molecule has 0 aromatic carbocycles. The van der Waals surface area contributed by atoms with Gasteiger partial charge in [0.25, 0.3) is 0 Å². The van der Waals surface area contributed by atoms with Crippen molar-refractivity contribution in [1.82, 2.24) is 29.5 Å². The maximum Gasteiger partial charge on any atom is 0.324 e. The van der Waals surface area contributed by atoms with Crippen LogP contribution in [0.3, 0.4) is 0 Å². The number of imidazole rings is 1. The van der Waals surface area contributed by atoms with E-state index in [1.165, 1.54) is 0 Å². The molecule has 1 fully saturated rings. The van der Waals surface area contributed by atoms with E-state index in [1.54, 1.807) is 12.5 Å². The zero-order valence-electron chi connectivity index (χ0n) is 17.7. The van der Waals surface area contributed by atoms with Crippen molar-refractivity contribution in [2.75, 3.05) is 0 Å². The average Bonchev–Trinajstić information content (AvgIpc) is 3.19. The minimum Gasteiger partial charge on any atom is -0.423 e. The van der Waals surface area contributed by atoms with Gasteiger partial charge in [-0.05, 0) is 32.1 Å². The molecule has 0 spiro atoms. The van der Waals surface area contributed by atoms with Gasteiger partial charge in [0.05, 0.1) is 28.6 Å². The fraction of sp³-hybridized carbons (Fsp3) is 0.455. The molecular weight excluding hydrogens is 414 g/mol. The Balaban J connectivity index is 1.57. The number of aromatic amines is 1. The lowest BCUT2D eigenvalue weighted by Crippen LogP contribution is -2.18. The SMILES string of the molecule is CCc1[nH]c2nc(Oc3cnc4c(c3)ncn4C)nc(C3CCC[C@@H](N)CC3)c2c1Cl. The van der Waals surface area contributed by atoms with Gasteiger partial charge in [-0.2, -0.15) is 9.97 Å². The lowest BCUT2D eigenvalue weighted by Gasteiger charge is -2.16. The summed E-state index contributed by atoms with van der Waals surface area (Å²) in [4.78, 5) is 21.6. The minimum atomic E-state index is 0.252. The highest BCUT2D eigenvalue weighted by Gasteiger charge is 2.26. The maximum atomic E-state index is 6.73. The Bertz CT molecular complexity index is 1250. The maximum absolute atomic E-state index is 6.73. The summed E-state index contributed by atoms with van der Waals surface area (Å²) >= 11 is 6.73. The third-order valence-corrected chi connectivity index (χ3v) is 6.58. The number of nitrogens with one attached hydrogen (secondary N) is 1. The number of nitrogens with two attached hydrogens (primary N) is 1. The third-order valence-electron chi connectivity index (χ3n) is 6.16. The molecule has 0 bridgehead atoms. The van der Waals surface area contributed by atoms with Gasteiger partial charge in [-0.25, -0.2) is 9.97 Å². The zero-order chi connectivity index (χ0) is 21.5. The molecule has 3 N–H and O–H groups in total. The summed E-state index contributed by atoms with van der Waals surface area (Å²) in [6.07, 6.45) is 9.31. The lowest BCUT2D eigenvalue weighted by atomic mass is 9.94. The van der Waals surface area contributed by atoms with Crippen LogP contribution in [0.15, 0.2) is 18.6 Å². The van der Waals surface area contributed by atoms with E-state index >= 15 is 0 Å². The molecule has 0 radical (unpaired) electrons. The molecule has 162 valence electrons. The van der Waals surface area contributed by atoms with Crippen LogP contribution >= 0.6 is 11.6 Å². The smallest absolute Gasteiger partial charge is 0.324 e. The first-order valence-corrected chi connectivity index (χ1v) is 11.2. The van der Waals surface area contributed by atoms with Crippen molar-refractivity contribution < 1.29 is 4.74 Å². The second-order valence-corrected chi connectivity index (χ2v) is 8.70. The standard InChI is InChI=1S/C22H26ClN7O/c1-3-15-18(23)17-19(12-5-4-6-13(24)8-7-12)28-22(29-20(17)27-15)31-14-9-16-21(25-10-14)30(2)11-26-16/h9-13H,3-8,24H2,1-2H3,(H,27,28,29)/t12?,13-/m1/s1. The number of aryl methyl sites for hydroxylation is 2. The van der Waals surface area contributed by atoms with Gasteiger partial charge in [0.15, 0.2) is 11.4 Å². The molecule has 0 aliphatic heterocycles. The van der Waals surface area contributed by atoms with Crippen molar-refractivity contribution in [3.8, 4) is 11.8 Å². The molecule has 1 aliphatic carbocycles. The normalized spacial score (nSPS) is 19.7. The fourth-order valence-electron chi connectivity index (χ4n) is 4.46. The molecule has 1 aliphatic rings. The number of nitrogens with zero attached hydrogens (tertiary/aromatic N) is 5. The van der Waals surface area contributed by atoms with Crippen LogP contribution in [0.5, 0.6) is 11.8 Å². The molecule has 4 aromatic rings. The number of ether oxygens (including phenoxy) is 1. The van der Waals surface area contributed by atoms with E-state index in [-0.39, 0.29) is 18.0 Å². The van der Waals surface area contributed by atoms with E-state index in [0.717, 1.165) is 66.5 Å². The second kappa shape index (κ2) is 8.09. The van der Waals surface area contributed by atoms with Crippen molar-refractivity contribution in [1.29, 1.82) is 0 Å². The summed E-state index contributed by atoms with van der Waals surface area (Å²) in [5.41, 5.74) is 10.4. The van der Waals surface area contributed by atoms with Crippen LogP contribution in [0.2, 0.25) is 5.02 Å². The monoisotopic (exact) mass is 439 g/mol. The molecule has 4 aromatic heterocycles. The summed E-state index contributed by atoms with van der Waals surface area (Å²) in [7, 11) is 1.91. The van der Waals surface area contributed by atoms with E-state index in [2.05, 4.69) is 26.9 Å². The Labute approximate surface area is 185 Å². The molecule has 5 rings (SSSR count). The topological polar surface area (TPSA) is 108 Å². The van der Waals surface area contributed by atoms with Crippen LogP contribution in [-0.2, 0) is 13.5 Å². The largest absolute Gasteiger partial charge is 0.423 e. The average molecular weight is 440 g/mol. The minimum absolute atomic E-state index is 0.252. The lowest BCUT2D eigenvalue weighted by molar-refractivity contribution is 0.436. The highest BCUT2D eigenvalue weighted by atomic mass is 35.5. The molecule has 9 heteroatoms. The quantitative estimate of drug-likeness (QED) is 0.449. The second-order valence-electron chi connectivity index (χ2n) is 8.32. The highest BCUT2D eigenvalue weighted by molar-refractivity contribution is 6.36. The van der Waals surface area contributed by atoms with Crippen LogP contribution in [0, 0.1) is 0 Å². The highest BCUT2D eigenvalue weighted by Crippen LogP contribution is 2.39. The number of halogens is 1. The molecular formula is C22H26ClN7O. The van der Waals surface area contributed by atoms with Crippen LogP contribution in [0.4, 0.5) is 0 Å². The first-order valence-electron chi connectivity index (χ1n) is 10.8. The number of pyridine rings is 1. The first-order chi connectivity index (χ1) is 15.0. The molecule has 2 atom stereocenters. The van der Waals surface area contributed by atoms with Gasteiger partial charge in [-0.15, -0.1) is 0 Å². The number of rotatable bonds is 4. The first kappa shape index (κ1) is 20.2. The van der Waals surface area contributed by atoms with Crippen molar-refractivity contribution >= 4 is 33.8 Å². The predicted octanol–water partition coefficient (Wildman–Crippen LogP) is 4.62. The molecule has 1 unspecified atom stereocenters. The summed E-state index contributed by atoms with van der Waals surface area (Å²) < 4.78 is 7.91. The Kier molecular flexibility index (Phi) is 5.27. The number of hydrogen-bond donors (Lipinski definition) is 2. The number of fused-ring (bicyclic) bond motifs is 2. The molecule has 0 saturated heterocycles. The van der Waals surface area contributed by atoms with Gasteiger partial charge in [-0.1, -0.05) is 24.9 Å². The molecule has 4 heterocycles. The number of aromatic nitrogens is 6. The van der Waals surface area contributed by atoms with Gasteiger partial charge >= 0.3 is 6.01 Å². The van der Waals surface area contributed by atoms with E-state index in [1.807, 2.05) is 17.7 Å². The van der Waals surface area contributed by atoms with Gasteiger partial charge in [-0.3, -0.25) is 0 Å². The van der Waals surface area contributed by atoms with E-state index < -0.39 is 0 Å². The van der Waals surface area contributed by atoms with Gasteiger partial charge in [0.1, 0.15) is 11.2 Å². The Morgan fingerprint density at radius 1 is 1.23 bits per heavy atom. The molecule has 8 nitrogen and oxygen atoms in total. The van der Waals surface area contributed by atoms with Crippen molar-refractivity contribution in [2.45, 2.75) is 57.4 Å². The number of hydrogen-bond acceptors (Lipinski definition) is 6. The van der Waals surface area contributed by atoms with Crippen LogP contribution < -0.4 is 10.5 Å². The van der Waals surface area contributed by atoms with Crippen molar-refractivity contribution in [3.63, 3.8) is 0 Å². The van der Waals surface area contributed by atoms with Crippen LogP contribution in [-0.4, -0.2) is 35.5 Å². The van der Waals surface area contributed by atoms with Gasteiger partial charge in [0.2, 0.25) is 0 Å². The van der Waals surface area contributed by atoms with Crippen LogP contribution in [0.25, 0.3) is 22.2 Å². The predicted molar refractivity (Wildman–Crippen MR) is 121 cm³/mol. The van der Waals surface area contributed by atoms with Crippen molar-refractivity contribution in [2.24, 2.45) is 12.8 Å². The zero-order valence-corrected chi connectivity index (χ0v) is 18.5. The van der Waals surface area contributed by atoms with Crippen LogP contribution in [0.1, 0.15) is 56.3 Å². The summed E-state index contributed by atoms with van der Waals surface area (Å²) in [6, 6.07) is 2.38. The van der Waals surface area contributed by atoms with E-state index in [4.69, 9.17) is 27.1 Å². The Morgan fingerprint density at radius 3 is 2.94 bits per heavy atom. The van der Waals surface area contributed by atoms with E-state index in [0.29, 0.717) is 16.4 Å². The molecule has 1 saturated carbocycles.